The van der Waals surface area contributed by atoms with Gasteiger partial charge in [0, 0.05) is 57.3 Å². The average Bonchev–Trinajstić information content (AvgIpc) is 3.59. The normalized spacial score (nSPS) is 23.5. The van der Waals surface area contributed by atoms with Crippen LogP contribution in [0.15, 0.2) is 24.3 Å². The molecule has 1 saturated carbocycles. The van der Waals surface area contributed by atoms with Crippen LogP contribution in [0.1, 0.15) is 24.4 Å². The summed E-state index contributed by atoms with van der Waals surface area (Å²) in [6.07, 6.45) is 2.07. The molecule has 0 spiro atoms. The molecule has 3 aliphatic rings. The van der Waals surface area contributed by atoms with Crippen LogP contribution >= 0.6 is 0 Å². The Morgan fingerprint density at radius 1 is 1.07 bits per heavy atom. The van der Waals surface area contributed by atoms with E-state index in [2.05, 4.69) is 16.3 Å². The molecule has 1 aromatic carbocycles. The zero-order valence-corrected chi connectivity index (χ0v) is 16.6. The molecule has 0 radical (unpaired) electrons. The number of para-hydroxylation sites is 1. The molecule has 1 aromatic rings. The molecule has 2 amide bonds. The lowest BCUT2D eigenvalue weighted by molar-refractivity contribution is -0.141. The van der Waals surface area contributed by atoms with E-state index < -0.39 is 0 Å². The van der Waals surface area contributed by atoms with Gasteiger partial charge in [-0.1, -0.05) is 18.2 Å². The predicted molar refractivity (Wildman–Crippen MR) is 106 cm³/mol. The van der Waals surface area contributed by atoms with E-state index in [4.69, 9.17) is 4.74 Å². The van der Waals surface area contributed by atoms with Crippen LogP contribution in [-0.2, 0) is 9.59 Å². The summed E-state index contributed by atoms with van der Waals surface area (Å²) in [6.45, 7) is 5.53. The Hall–Kier alpha value is -2.12. The number of methoxy groups -OCH3 is 1. The third kappa shape index (κ3) is 4.15. The lowest BCUT2D eigenvalue weighted by Crippen LogP contribution is -2.55. The van der Waals surface area contributed by atoms with Crippen molar-refractivity contribution in [2.45, 2.75) is 18.9 Å². The Morgan fingerprint density at radius 3 is 2.50 bits per heavy atom. The van der Waals surface area contributed by atoms with Crippen molar-refractivity contribution in [1.82, 2.24) is 20.0 Å². The molecule has 2 aliphatic heterocycles. The van der Waals surface area contributed by atoms with Gasteiger partial charge in [-0.3, -0.25) is 14.5 Å². The number of nitrogens with one attached hydrogen (secondary N) is 1. The summed E-state index contributed by atoms with van der Waals surface area (Å²) >= 11 is 0. The zero-order chi connectivity index (χ0) is 19.5. The zero-order valence-electron chi connectivity index (χ0n) is 16.6. The molecule has 1 unspecified atom stereocenters. The van der Waals surface area contributed by atoms with Crippen molar-refractivity contribution in [3.63, 3.8) is 0 Å². The second-order valence-electron chi connectivity index (χ2n) is 7.91. The minimum Gasteiger partial charge on any atom is -0.496 e. The molecule has 2 heterocycles. The summed E-state index contributed by atoms with van der Waals surface area (Å²) in [5, 5.41) is 3.44. The molecule has 4 rings (SSSR count). The van der Waals surface area contributed by atoms with Crippen molar-refractivity contribution in [2.24, 2.45) is 5.92 Å². The minimum atomic E-state index is 0.117. The van der Waals surface area contributed by atoms with E-state index in [-0.39, 0.29) is 23.8 Å². The number of ether oxygens (including phenoxy) is 1. The summed E-state index contributed by atoms with van der Waals surface area (Å²) in [7, 11) is 1.69. The monoisotopic (exact) mass is 386 g/mol. The maximum atomic E-state index is 12.9. The van der Waals surface area contributed by atoms with Crippen molar-refractivity contribution in [1.29, 1.82) is 0 Å². The highest BCUT2D eigenvalue weighted by molar-refractivity contribution is 5.82. The van der Waals surface area contributed by atoms with Gasteiger partial charge in [-0.2, -0.15) is 0 Å². The average molecular weight is 386 g/mol. The summed E-state index contributed by atoms with van der Waals surface area (Å²) in [5.41, 5.74) is 1.12. The fourth-order valence-corrected chi connectivity index (χ4v) is 4.22. The van der Waals surface area contributed by atoms with Crippen molar-refractivity contribution >= 4 is 11.8 Å². The van der Waals surface area contributed by atoms with Crippen LogP contribution in [0, 0.1) is 5.92 Å². The molecule has 3 fully saturated rings. The first-order chi connectivity index (χ1) is 13.7. The summed E-state index contributed by atoms with van der Waals surface area (Å²) in [6, 6.07) is 8.15. The summed E-state index contributed by atoms with van der Waals surface area (Å²) in [4.78, 5) is 31.3. The predicted octanol–water partition coefficient (Wildman–Crippen LogP) is 0.722. The van der Waals surface area contributed by atoms with Gasteiger partial charge in [-0.25, -0.2) is 0 Å². The fourth-order valence-electron chi connectivity index (χ4n) is 4.22. The molecule has 1 atom stereocenters. The Kier molecular flexibility index (Phi) is 5.82. The van der Waals surface area contributed by atoms with Crippen LogP contribution in [0.4, 0.5) is 0 Å². The van der Waals surface area contributed by atoms with Crippen LogP contribution in [0.5, 0.6) is 5.75 Å². The van der Waals surface area contributed by atoms with E-state index in [1.807, 2.05) is 28.0 Å². The maximum Gasteiger partial charge on any atom is 0.236 e. The lowest BCUT2D eigenvalue weighted by Gasteiger charge is -2.39. The van der Waals surface area contributed by atoms with Gasteiger partial charge < -0.3 is 19.9 Å². The van der Waals surface area contributed by atoms with Gasteiger partial charge in [0.25, 0.3) is 0 Å². The smallest absolute Gasteiger partial charge is 0.236 e. The third-order valence-corrected chi connectivity index (χ3v) is 6.06. The van der Waals surface area contributed by atoms with Gasteiger partial charge in [0.05, 0.1) is 19.7 Å². The van der Waals surface area contributed by atoms with Gasteiger partial charge in [0.1, 0.15) is 5.75 Å². The lowest BCUT2D eigenvalue weighted by atomic mass is 10.0. The van der Waals surface area contributed by atoms with Crippen molar-refractivity contribution < 1.29 is 14.3 Å². The van der Waals surface area contributed by atoms with E-state index in [0.29, 0.717) is 32.7 Å². The second-order valence-corrected chi connectivity index (χ2v) is 7.91. The van der Waals surface area contributed by atoms with E-state index in [1.165, 1.54) is 0 Å². The largest absolute Gasteiger partial charge is 0.496 e. The first-order valence-electron chi connectivity index (χ1n) is 10.3. The molecule has 1 N–H and O–H groups in total. The number of benzene rings is 1. The Bertz CT molecular complexity index is 713. The quantitative estimate of drug-likeness (QED) is 0.808. The number of nitrogens with zero attached hydrogens (tertiary/aromatic N) is 3. The Balaban J connectivity index is 1.36. The molecular formula is C21H30N4O3. The number of amides is 2. The molecule has 28 heavy (non-hydrogen) atoms. The first kappa shape index (κ1) is 19.2. The highest BCUT2D eigenvalue weighted by Crippen LogP contribution is 2.32. The number of rotatable bonds is 5. The van der Waals surface area contributed by atoms with Crippen LogP contribution in [0.2, 0.25) is 0 Å². The SMILES string of the molecule is COc1ccccc1C1CNCCN1CC(=O)N1CCN(C(=O)C2CC2)CC1. The van der Waals surface area contributed by atoms with Crippen LogP contribution < -0.4 is 10.1 Å². The van der Waals surface area contributed by atoms with E-state index in [9.17, 15) is 9.59 Å². The van der Waals surface area contributed by atoms with Crippen molar-refractivity contribution in [2.75, 3.05) is 59.5 Å². The highest BCUT2D eigenvalue weighted by atomic mass is 16.5. The number of piperazine rings is 2. The number of hydrogen-bond donors (Lipinski definition) is 1. The molecule has 0 bridgehead atoms. The Labute approximate surface area is 166 Å². The summed E-state index contributed by atoms with van der Waals surface area (Å²) in [5.74, 6) is 1.55. The highest BCUT2D eigenvalue weighted by Gasteiger charge is 2.36. The molecule has 7 heteroatoms. The topological polar surface area (TPSA) is 65.1 Å². The number of hydrogen-bond acceptors (Lipinski definition) is 5. The van der Waals surface area contributed by atoms with E-state index in [1.54, 1.807) is 7.11 Å². The number of carbonyl (C=O) groups is 2. The first-order valence-corrected chi connectivity index (χ1v) is 10.3. The molecule has 0 aromatic heterocycles. The van der Waals surface area contributed by atoms with E-state index >= 15 is 0 Å². The van der Waals surface area contributed by atoms with Gasteiger partial charge in [-0.05, 0) is 18.9 Å². The van der Waals surface area contributed by atoms with Crippen LogP contribution in [0.25, 0.3) is 0 Å². The molecule has 1 aliphatic carbocycles. The molecule has 7 nitrogen and oxygen atoms in total. The molecule has 152 valence electrons. The molecule has 2 saturated heterocycles. The van der Waals surface area contributed by atoms with Gasteiger partial charge in [0.2, 0.25) is 11.8 Å². The Morgan fingerprint density at radius 2 is 1.79 bits per heavy atom. The summed E-state index contributed by atoms with van der Waals surface area (Å²) < 4.78 is 5.54. The van der Waals surface area contributed by atoms with Crippen LogP contribution in [-0.4, -0.2) is 86.0 Å². The van der Waals surface area contributed by atoms with Gasteiger partial charge in [0.15, 0.2) is 0 Å². The van der Waals surface area contributed by atoms with Crippen LogP contribution in [0.3, 0.4) is 0 Å². The molecular weight excluding hydrogens is 356 g/mol. The maximum absolute atomic E-state index is 12.9. The van der Waals surface area contributed by atoms with Crippen molar-refractivity contribution in [3.05, 3.63) is 29.8 Å². The fraction of sp³-hybridized carbons (Fsp3) is 0.619. The van der Waals surface area contributed by atoms with Crippen molar-refractivity contribution in [3.8, 4) is 5.75 Å². The minimum absolute atomic E-state index is 0.117. The van der Waals surface area contributed by atoms with E-state index in [0.717, 1.165) is 43.8 Å². The third-order valence-electron chi connectivity index (χ3n) is 6.06. The van der Waals surface area contributed by atoms with Gasteiger partial charge in [-0.15, -0.1) is 0 Å². The second kappa shape index (κ2) is 8.49. The standard InChI is InChI=1S/C21H30N4O3/c1-28-19-5-3-2-4-17(19)18-14-22-8-9-25(18)15-20(26)23-10-12-24(13-11-23)21(27)16-6-7-16/h2-5,16,18,22H,6-15H2,1H3. The van der Waals surface area contributed by atoms with Gasteiger partial charge >= 0.3 is 0 Å². The number of carbonyl (C=O) groups excluding carboxylic acids is 2.